The molecule has 1 heterocycles. The molecular formula is C17H24N2O3. The third kappa shape index (κ3) is 4.49. The molecule has 22 heavy (non-hydrogen) atoms. The van der Waals surface area contributed by atoms with Crippen molar-refractivity contribution < 1.29 is 14.6 Å². The predicted octanol–water partition coefficient (Wildman–Crippen LogP) is 3.26. The van der Waals surface area contributed by atoms with Crippen LogP contribution in [0.1, 0.15) is 43.2 Å². The van der Waals surface area contributed by atoms with Crippen LogP contribution in [0, 0.1) is 0 Å². The van der Waals surface area contributed by atoms with E-state index in [1.165, 1.54) is 0 Å². The normalized spacial score (nSPS) is 12.1. The number of nitrogens with one attached hydrogen (secondary N) is 1. The lowest BCUT2D eigenvalue weighted by Crippen LogP contribution is -2.01. The van der Waals surface area contributed by atoms with Crippen molar-refractivity contribution in [2.75, 3.05) is 14.2 Å². The maximum atomic E-state index is 10.3. The smallest absolute Gasteiger partial charge is 0.128 e. The second-order valence-electron chi connectivity index (χ2n) is 5.26. The van der Waals surface area contributed by atoms with E-state index in [-0.39, 0.29) is 0 Å². The number of unbranched alkanes of at least 4 members (excludes halogenated alkanes) is 2. The van der Waals surface area contributed by atoms with Gasteiger partial charge in [-0.25, -0.2) is 4.98 Å². The van der Waals surface area contributed by atoms with Crippen molar-refractivity contribution in [3.8, 4) is 11.5 Å². The van der Waals surface area contributed by atoms with Crippen LogP contribution in [-0.4, -0.2) is 29.3 Å². The molecule has 0 aliphatic rings. The molecule has 2 rings (SSSR count). The monoisotopic (exact) mass is 304 g/mol. The molecule has 0 saturated heterocycles. The zero-order chi connectivity index (χ0) is 15.8. The van der Waals surface area contributed by atoms with Crippen LogP contribution >= 0.6 is 0 Å². The third-order valence-corrected chi connectivity index (χ3v) is 3.75. The summed E-state index contributed by atoms with van der Waals surface area (Å²) in [6.45, 7) is 0. The molecule has 1 unspecified atom stereocenters. The fraction of sp³-hybridized carbons (Fsp3) is 0.471. The number of aromatic nitrogens is 2. The van der Waals surface area contributed by atoms with E-state index < -0.39 is 6.10 Å². The average Bonchev–Trinajstić information content (AvgIpc) is 3.07. The number of methoxy groups -OCH3 is 2. The summed E-state index contributed by atoms with van der Waals surface area (Å²) < 4.78 is 10.5. The van der Waals surface area contributed by atoms with Gasteiger partial charge in [0.05, 0.1) is 20.3 Å². The van der Waals surface area contributed by atoms with Gasteiger partial charge in [0.25, 0.3) is 0 Å². The van der Waals surface area contributed by atoms with E-state index in [0.717, 1.165) is 49.2 Å². The second kappa shape index (κ2) is 8.44. The molecule has 120 valence electrons. The highest BCUT2D eigenvalue weighted by molar-refractivity contribution is 5.41. The zero-order valence-electron chi connectivity index (χ0n) is 13.2. The minimum atomic E-state index is -0.510. The van der Waals surface area contributed by atoms with Crippen LogP contribution in [0.2, 0.25) is 0 Å². The van der Waals surface area contributed by atoms with Gasteiger partial charge in [-0.05, 0) is 25.0 Å². The van der Waals surface area contributed by atoms with Crippen LogP contribution in [0.5, 0.6) is 11.5 Å². The fourth-order valence-electron chi connectivity index (χ4n) is 2.49. The molecule has 0 saturated carbocycles. The van der Waals surface area contributed by atoms with Crippen molar-refractivity contribution in [1.29, 1.82) is 0 Å². The Bertz CT molecular complexity index is 555. The molecule has 0 spiro atoms. The van der Waals surface area contributed by atoms with Crippen molar-refractivity contribution >= 4 is 0 Å². The Morgan fingerprint density at radius 2 is 2.05 bits per heavy atom. The Kier molecular flexibility index (Phi) is 6.27. The predicted molar refractivity (Wildman–Crippen MR) is 85.3 cm³/mol. The van der Waals surface area contributed by atoms with Crippen molar-refractivity contribution in [3.05, 3.63) is 42.0 Å². The number of hydrogen-bond donors (Lipinski definition) is 2. The number of aromatic amines is 1. The topological polar surface area (TPSA) is 67.4 Å². The number of aliphatic hydroxyl groups is 1. The van der Waals surface area contributed by atoms with Crippen LogP contribution in [0.15, 0.2) is 30.6 Å². The summed E-state index contributed by atoms with van der Waals surface area (Å²) in [6.07, 6.45) is 7.89. The third-order valence-electron chi connectivity index (χ3n) is 3.75. The van der Waals surface area contributed by atoms with Crippen molar-refractivity contribution in [3.63, 3.8) is 0 Å². The highest BCUT2D eigenvalue weighted by atomic mass is 16.5. The first-order valence-corrected chi connectivity index (χ1v) is 7.63. The molecule has 2 aromatic rings. The zero-order valence-corrected chi connectivity index (χ0v) is 13.2. The Labute approximate surface area is 131 Å². The van der Waals surface area contributed by atoms with E-state index in [0.29, 0.717) is 5.75 Å². The van der Waals surface area contributed by atoms with Gasteiger partial charge in [0.2, 0.25) is 0 Å². The Morgan fingerprint density at radius 3 is 2.73 bits per heavy atom. The van der Waals surface area contributed by atoms with Crippen LogP contribution in [-0.2, 0) is 6.42 Å². The molecule has 0 bridgehead atoms. The first-order valence-electron chi connectivity index (χ1n) is 7.63. The first-order chi connectivity index (χ1) is 10.7. The maximum Gasteiger partial charge on any atom is 0.128 e. The van der Waals surface area contributed by atoms with Gasteiger partial charge in [-0.3, -0.25) is 0 Å². The molecule has 1 aromatic carbocycles. The summed E-state index contributed by atoms with van der Waals surface area (Å²) in [5.74, 6) is 2.42. The van der Waals surface area contributed by atoms with Gasteiger partial charge < -0.3 is 19.6 Å². The van der Waals surface area contributed by atoms with Crippen molar-refractivity contribution in [2.45, 2.75) is 38.2 Å². The number of aryl methyl sites for hydroxylation is 1. The molecule has 0 aliphatic heterocycles. The largest absolute Gasteiger partial charge is 0.497 e. The Morgan fingerprint density at radius 1 is 1.18 bits per heavy atom. The summed E-state index contributed by atoms with van der Waals surface area (Å²) in [7, 11) is 3.22. The summed E-state index contributed by atoms with van der Waals surface area (Å²) in [4.78, 5) is 7.30. The van der Waals surface area contributed by atoms with E-state index in [9.17, 15) is 5.11 Å². The number of H-pyrrole nitrogens is 1. The maximum absolute atomic E-state index is 10.3. The molecule has 5 nitrogen and oxygen atoms in total. The summed E-state index contributed by atoms with van der Waals surface area (Å²) in [5, 5.41) is 10.3. The number of benzene rings is 1. The number of aliphatic hydroxyl groups excluding tert-OH is 1. The lowest BCUT2D eigenvalue weighted by Gasteiger charge is -2.15. The minimum absolute atomic E-state index is 0.510. The van der Waals surface area contributed by atoms with Gasteiger partial charge in [0, 0.05) is 30.4 Å². The Balaban J connectivity index is 1.78. The van der Waals surface area contributed by atoms with Gasteiger partial charge >= 0.3 is 0 Å². The standard InChI is InChI=1S/C17H24N2O3/c1-21-13-8-9-14(16(12-13)22-2)15(20)6-4-3-5-7-17-18-10-11-19-17/h8-12,15,20H,3-7H2,1-2H3,(H,18,19). The average molecular weight is 304 g/mol. The summed E-state index contributed by atoms with van der Waals surface area (Å²) in [6, 6.07) is 5.51. The molecular weight excluding hydrogens is 280 g/mol. The van der Waals surface area contributed by atoms with Crippen molar-refractivity contribution in [1.82, 2.24) is 9.97 Å². The van der Waals surface area contributed by atoms with Gasteiger partial charge in [-0.2, -0.15) is 0 Å². The lowest BCUT2D eigenvalue weighted by atomic mass is 10.0. The number of nitrogens with zero attached hydrogens (tertiary/aromatic N) is 1. The quantitative estimate of drug-likeness (QED) is 0.698. The molecule has 0 fully saturated rings. The van der Waals surface area contributed by atoms with Gasteiger partial charge in [0.1, 0.15) is 17.3 Å². The Hall–Kier alpha value is -2.01. The highest BCUT2D eigenvalue weighted by Crippen LogP contribution is 2.31. The molecule has 0 amide bonds. The molecule has 0 aliphatic carbocycles. The first kappa shape index (κ1) is 16.4. The van der Waals surface area contributed by atoms with Crippen molar-refractivity contribution in [2.24, 2.45) is 0 Å². The molecule has 1 aromatic heterocycles. The fourth-order valence-corrected chi connectivity index (χ4v) is 2.49. The van der Waals surface area contributed by atoms with Crippen LogP contribution in [0.25, 0.3) is 0 Å². The number of imidazole rings is 1. The van der Waals surface area contributed by atoms with E-state index >= 15 is 0 Å². The lowest BCUT2D eigenvalue weighted by molar-refractivity contribution is 0.159. The molecule has 2 N–H and O–H groups in total. The van der Waals surface area contributed by atoms with Gasteiger partial charge in [0.15, 0.2) is 0 Å². The van der Waals surface area contributed by atoms with Gasteiger partial charge in [-0.1, -0.05) is 12.8 Å². The SMILES string of the molecule is COc1ccc(C(O)CCCCCc2ncc[nH]2)c(OC)c1. The van der Waals surface area contributed by atoms with Gasteiger partial charge in [-0.15, -0.1) is 0 Å². The highest BCUT2D eigenvalue weighted by Gasteiger charge is 2.13. The van der Waals surface area contributed by atoms with E-state index in [1.807, 2.05) is 18.3 Å². The van der Waals surface area contributed by atoms with Crippen LogP contribution < -0.4 is 9.47 Å². The summed E-state index contributed by atoms with van der Waals surface area (Å²) >= 11 is 0. The van der Waals surface area contributed by atoms with Crippen LogP contribution in [0.4, 0.5) is 0 Å². The molecule has 0 radical (unpaired) electrons. The molecule has 1 atom stereocenters. The van der Waals surface area contributed by atoms with E-state index in [4.69, 9.17) is 9.47 Å². The summed E-state index contributed by atoms with van der Waals surface area (Å²) in [5.41, 5.74) is 0.814. The van der Waals surface area contributed by atoms with E-state index in [1.54, 1.807) is 26.5 Å². The minimum Gasteiger partial charge on any atom is -0.497 e. The second-order valence-corrected chi connectivity index (χ2v) is 5.26. The molecule has 5 heteroatoms. The van der Waals surface area contributed by atoms with E-state index in [2.05, 4.69) is 9.97 Å². The number of ether oxygens (including phenoxy) is 2. The number of rotatable bonds is 9. The number of hydrogen-bond acceptors (Lipinski definition) is 4. The van der Waals surface area contributed by atoms with Crippen LogP contribution in [0.3, 0.4) is 0 Å².